The minimum atomic E-state index is -0.835. The van der Waals surface area contributed by atoms with Crippen molar-refractivity contribution >= 4 is 23.7 Å². The lowest BCUT2D eigenvalue weighted by molar-refractivity contribution is -0.148. The maximum atomic E-state index is 13.8. The fourth-order valence-corrected chi connectivity index (χ4v) is 5.04. The fourth-order valence-electron chi connectivity index (χ4n) is 5.04. The van der Waals surface area contributed by atoms with Gasteiger partial charge in [-0.05, 0) is 52.7 Å². The highest BCUT2D eigenvalue weighted by atomic mass is 16.6. The minimum Gasteiger partial charge on any atom is -0.476 e. The van der Waals surface area contributed by atoms with Gasteiger partial charge in [-0.25, -0.2) is 4.79 Å². The molecule has 40 heavy (non-hydrogen) atoms. The first-order valence-electron chi connectivity index (χ1n) is 14.1. The van der Waals surface area contributed by atoms with Crippen molar-refractivity contribution < 1.29 is 28.6 Å². The van der Waals surface area contributed by atoms with E-state index in [2.05, 4.69) is 4.90 Å². The Morgan fingerprint density at radius 2 is 1.62 bits per heavy atom. The summed E-state index contributed by atoms with van der Waals surface area (Å²) in [6.07, 6.45) is 0.514. The van der Waals surface area contributed by atoms with Crippen LogP contribution in [0.1, 0.15) is 52.2 Å². The van der Waals surface area contributed by atoms with Gasteiger partial charge in [0.25, 0.3) is 5.91 Å². The number of carbonyl (C=O) groups excluding carboxylic acids is 3. The molecule has 0 saturated carbocycles. The highest BCUT2D eigenvalue weighted by Crippen LogP contribution is 2.30. The third kappa shape index (κ3) is 7.67. The molecule has 2 atom stereocenters. The van der Waals surface area contributed by atoms with Crippen LogP contribution in [0.3, 0.4) is 0 Å². The van der Waals surface area contributed by atoms with E-state index in [-0.39, 0.29) is 23.9 Å². The van der Waals surface area contributed by atoms with Crippen molar-refractivity contribution in [3.63, 3.8) is 0 Å². The lowest BCUT2D eigenvalue weighted by atomic mass is 9.97. The molecular formula is C31H41N3O6. The zero-order valence-electron chi connectivity index (χ0n) is 24.0. The SMILES string of the molecule is CCOC(=O)C1CCCN(c2cccc(OC(C(=O)N3CCN(C(=O)OC(C)(C)C)CC3)c3ccccc3)c2)C1. The summed E-state index contributed by atoms with van der Waals surface area (Å²) in [6.45, 7) is 10.7. The summed E-state index contributed by atoms with van der Waals surface area (Å²) < 4.78 is 17.1. The van der Waals surface area contributed by atoms with E-state index in [1.54, 1.807) is 9.80 Å². The number of carbonyl (C=O) groups is 3. The second-order valence-electron chi connectivity index (χ2n) is 11.2. The van der Waals surface area contributed by atoms with E-state index in [1.807, 2.05) is 82.3 Å². The van der Waals surface area contributed by atoms with E-state index in [4.69, 9.17) is 14.2 Å². The molecule has 2 fully saturated rings. The molecule has 4 rings (SSSR count). The van der Waals surface area contributed by atoms with Crippen LogP contribution in [0.5, 0.6) is 5.75 Å². The number of rotatable bonds is 7. The lowest BCUT2D eigenvalue weighted by Crippen LogP contribution is -2.53. The maximum absolute atomic E-state index is 13.8. The Morgan fingerprint density at radius 1 is 0.925 bits per heavy atom. The van der Waals surface area contributed by atoms with Gasteiger partial charge in [0.2, 0.25) is 6.10 Å². The Bertz CT molecular complexity index is 1160. The number of piperazine rings is 1. The molecule has 9 heteroatoms. The number of piperidine rings is 1. The van der Waals surface area contributed by atoms with Crippen molar-refractivity contribution in [2.75, 3.05) is 50.8 Å². The molecule has 0 bridgehead atoms. The summed E-state index contributed by atoms with van der Waals surface area (Å²) in [7, 11) is 0. The number of hydrogen-bond donors (Lipinski definition) is 0. The topological polar surface area (TPSA) is 88.6 Å². The van der Waals surface area contributed by atoms with Gasteiger partial charge in [0.05, 0.1) is 12.5 Å². The number of hydrogen-bond acceptors (Lipinski definition) is 7. The second-order valence-corrected chi connectivity index (χ2v) is 11.2. The molecule has 0 aliphatic carbocycles. The second kappa shape index (κ2) is 13.1. The smallest absolute Gasteiger partial charge is 0.410 e. The predicted octanol–water partition coefficient (Wildman–Crippen LogP) is 4.67. The lowest BCUT2D eigenvalue weighted by Gasteiger charge is -2.37. The van der Waals surface area contributed by atoms with Crippen LogP contribution in [-0.4, -0.2) is 79.2 Å². The quantitative estimate of drug-likeness (QED) is 0.462. The molecule has 0 radical (unpaired) electrons. The van der Waals surface area contributed by atoms with Crippen molar-refractivity contribution in [3.05, 3.63) is 60.2 Å². The Labute approximate surface area is 237 Å². The van der Waals surface area contributed by atoms with Crippen molar-refractivity contribution in [1.82, 2.24) is 9.80 Å². The molecule has 0 N–H and O–H groups in total. The Kier molecular flexibility index (Phi) is 9.55. The van der Waals surface area contributed by atoms with Crippen LogP contribution >= 0.6 is 0 Å². The molecular weight excluding hydrogens is 510 g/mol. The highest BCUT2D eigenvalue weighted by Gasteiger charge is 2.33. The Hall–Kier alpha value is -3.75. The summed E-state index contributed by atoms with van der Waals surface area (Å²) in [5, 5.41) is 0. The van der Waals surface area contributed by atoms with Crippen LogP contribution in [0.4, 0.5) is 10.5 Å². The zero-order chi connectivity index (χ0) is 28.7. The number of nitrogens with zero attached hydrogens (tertiary/aromatic N) is 3. The molecule has 2 heterocycles. The Morgan fingerprint density at radius 3 is 2.30 bits per heavy atom. The van der Waals surface area contributed by atoms with Gasteiger partial charge in [-0.15, -0.1) is 0 Å². The van der Waals surface area contributed by atoms with Gasteiger partial charge in [0, 0.05) is 56.6 Å². The van der Waals surface area contributed by atoms with Gasteiger partial charge in [-0.3, -0.25) is 9.59 Å². The molecule has 2 aromatic rings. The van der Waals surface area contributed by atoms with Crippen molar-refractivity contribution in [2.45, 2.75) is 52.2 Å². The Balaban J connectivity index is 1.46. The van der Waals surface area contributed by atoms with E-state index >= 15 is 0 Å². The molecule has 0 aromatic heterocycles. The summed E-state index contributed by atoms with van der Waals surface area (Å²) in [5.41, 5.74) is 1.13. The number of amides is 2. The molecule has 0 spiro atoms. The van der Waals surface area contributed by atoms with Crippen molar-refractivity contribution in [1.29, 1.82) is 0 Å². The minimum absolute atomic E-state index is 0.152. The molecule has 9 nitrogen and oxygen atoms in total. The van der Waals surface area contributed by atoms with Crippen LogP contribution in [-0.2, 0) is 19.1 Å². The van der Waals surface area contributed by atoms with Crippen LogP contribution in [0.15, 0.2) is 54.6 Å². The van der Waals surface area contributed by atoms with E-state index in [0.717, 1.165) is 30.6 Å². The van der Waals surface area contributed by atoms with Gasteiger partial charge in [0.15, 0.2) is 0 Å². The van der Waals surface area contributed by atoms with Crippen molar-refractivity contribution in [2.24, 2.45) is 5.92 Å². The third-order valence-corrected chi connectivity index (χ3v) is 7.05. The molecule has 2 aromatic carbocycles. The molecule has 2 unspecified atom stereocenters. The van der Waals surface area contributed by atoms with E-state index < -0.39 is 11.7 Å². The van der Waals surface area contributed by atoms with Crippen LogP contribution in [0.2, 0.25) is 0 Å². The van der Waals surface area contributed by atoms with Crippen LogP contribution in [0, 0.1) is 5.92 Å². The number of anilines is 1. The van der Waals surface area contributed by atoms with E-state index in [0.29, 0.717) is 45.1 Å². The van der Waals surface area contributed by atoms with E-state index in [9.17, 15) is 14.4 Å². The fraction of sp³-hybridized carbons (Fsp3) is 0.516. The summed E-state index contributed by atoms with van der Waals surface area (Å²) in [4.78, 5) is 44.2. The largest absolute Gasteiger partial charge is 0.476 e. The molecule has 2 aliphatic rings. The molecule has 216 valence electrons. The average Bonchev–Trinajstić information content (AvgIpc) is 2.95. The summed E-state index contributed by atoms with van der Waals surface area (Å²) >= 11 is 0. The maximum Gasteiger partial charge on any atom is 0.410 e. The number of benzene rings is 2. The normalized spacial score (nSPS) is 18.6. The first-order chi connectivity index (χ1) is 19.1. The van der Waals surface area contributed by atoms with Gasteiger partial charge >= 0.3 is 12.1 Å². The molecule has 2 aliphatic heterocycles. The molecule has 2 amide bonds. The number of ether oxygens (including phenoxy) is 3. The number of esters is 1. The standard InChI is InChI=1S/C31H41N3O6/c1-5-38-29(36)24-13-10-16-34(22-24)25-14-9-15-26(21-25)39-27(23-11-7-6-8-12-23)28(35)32-17-19-33(20-18-32)30(37)40-31(2,3)4/h6-9,11-12,14-15,21,24,27H,5,10,13,16-20,22H2,1-4H3. The van der Waals surface area contributed by atoms with Gasteiger partial charge in [0.1, 0.15) is 11.4 Å². The van der Waals surface area contributed by atoms with Crippen molar-refractivity contribution in [3.8, 4) is 5.75 Å². The van der Waals surface area contributed by atoms with Gasteiger partial charge < -0.3 is 28.9 Å². The van der Waals surface area contributed by atoms with Crippen LogP contribution in [0.25, 0.3) is 0 Å². The van der Waals surface area contributed by atoms with E-state index in [1.165, 1.54) is 0 Å². The summed E-state index contributed by atoms with van der Waals surface area (Å²) in [6, 6.07) is 17.1. The monoisotopic (exact) mass is 551 g/mol. The van der Waals surface area contributed by atoms with Gasteiger partial charge in [-0.2, -0.15) is 0 Å². The predicted molar refractivity (Wildman–Crippen MR) is 152 cm³/mol. The first-order valence-corrected chi connectivity index (χ1v) is 14.1. The average molecular weight is 552 g/mol. The van der Waals surface area contributed by atoms with Crippen LogP contribution < -0.4 is 9.64 Å². The first kappa shape index (κ1) is 29.2. The third-order valence-electron chi connectivity index (χ3n) is 7.05. The summed E-state index contributed by atoms with van der Waals surface area (Å²) in [5.74, 6) is 0.114. The zero-order valence-corrected chi connectivity index (χ0v) is 24.0. The molecule has 2 saturated heterocycles. The van der Waals surface area contributed by atoms with Gasteiger partial charge in [-0.1, -0.05) is 36.4 Å². The highest BCUT2D eigenvalue weighted by molar-refractivity contribution is 5.83.